The lowest BCUT2D eigenvalue weighted by molar-refractivity contribution is -0.159. The summed E-state index contributed by atoms with van der Waals surface area (Å²) in [6.45, 7) is 0. The number of aromatic nitrogens is 1. The summed E-state index contributed by atoms with van der Waals surface area (Å²) in [5.41, 5.74) is 1.33. The lowest BCUT2D eigenvalue weighted by atomic mass is 10.1. The Bertz CT molecular complexity index is 1090. The van der Waals surface area contributed by atoms with Crippen molar-refractivity contribution in [3.63, 3.8) is 0 Å². The molecule has 0 saturated heterocycles. The number of hydrogen-bond donors (Lipinski definition) is 2. The van der Waals surface area contributed by atoms with E-state index < -0.39 is 15.9 Å². The summed E-state index contributed by atoms with van der Waals surface area (Å²) >= 11 is 0. The third-order valence-corrected chi connectivity index (χ3v) is 5.04. The number of carbonyl (C=O) groups is 1. The first-order chi connectivity index (χ1) is 13.3. The topological polar surface area (TPSA) is 127 Å². The van der Waals surface area contributed by atoms with Gasteiger partial charge in [0.2, 0.25) is 15.9 Å². The van der Waals surface area contributed by atoms with Crippen LogP contribution < -0.4 is 5.14 Å². The van der Waals surface area contributed by atoms with Crippen LogP contribution in [0.2, 0.25) is 0 Å². The van der Waals surface area contributed by atoms with Crippen molar-refractivity contribution in [2.24, 2.45) is 5.14 Å². The predicted octanol–water partition coefficient (Wildman–Crippen LogP) is 2.44. The van der Waals surface area contributed by atoms with Crippen LogP contribution in [0, 0.1) is 0 Å². The molecule has 28 heavy (non-hydrogen) atoms. The van der Waals surface area contributed by atoms with Gasteiger partial charge in [-0.1, -0.05) is 48.5 Å². The van der Waals surface area contributed by atoms with Crippen LogP contribution >= 0.6 is 0 Å². The van der Waals surface area contributed by atoms with Gasteiger partial charge in [-0.05, 0) is 6.07 Å². The number of oxazole rings is 1. The number of sulfonamides is 1. The molecule has 146 valence electrons. The molecule has 0 saturated carbocycles. The standard InChI is InChI=1S/C19H19N3O5S/c1-22(24)17(23)12-11-16-21-18(19(27-16)13-7-3-2-4-8-13)14-9-5-6-10-15(14)28(20,25)26/h2-10,24H,11-12H2,1H3,(H2,20,25,26). The number of rotatable bonds is 6. The summed E-state index contributed by atoms with van der Waals surface area (Å²) in [6.07, 6.45) is 0.124. The quantitative estimate of drug-likeness (QED) is 0.482. The number of benzene rings is 2. The SMILES string of the molecule is CN(O)C(=O)CCc1nc(-c2ccccc2S(N)(=O)=O)c(-c2ccccc2)o1. The Morgan fingerprint density at radius 1 is 1.14 bits per heavy atom. The van der Waals surface area contributed by atoms with Crippen molar-refractivity contribution in [3.05, 3.63) is 60.5 Å². The van der Waals surface area contributed by atoms with E-state index in [1.54, 1.807) is 30.3 Å². The molecule has 0 aliphatic rings. The first-order valence-electron chi connectivity index (χ1n) is 8.40. The third-order valence-electron chi connectivity index (χ3n) is 4.07. The second-order valence-corrected chi connectivity index (χ2v) is 7.64. The van der Waals surface area contributed by atoms with Crippen LogP contribution in [0.5, 0.6) is 0 Å². The van der Waals surface area contributed by atoms with Gasteiger partial charge in [0.05, 0.1) is 4.90 Å². The number of nitrogens with two attached hydrogens (primary N) is 1. The molecule has 0 unspecified atom stereocenters. The summed E-state index contributed by atoms with van der Waals surface area (Å²) < 4.78 is 29.9. The van der Waals surface area contributed by atoms with Crippen molar-refractivity contribution in [1.29, 1.82) is 0 Å². The van der Waals surface area contributed by atoms with Gasteiger partial charge in [-0.2, -0.15) is 0 Å². The Labute approximate surface area is 162 Å². The molecule has 3 aromatic rings. The Kier molecular flexibility index (Phi) is 5.59. The van der Waals surface area contributed by atoms with Crippen LogP contribution in [0.1, 0.15) is 12.3 Å². The van der Waals surface area contributed by atoms with Crippen molar-refractivity contribution in [1.82, 2.24) is 10.0 Å². The number of nitrogens with zero attached hydrogens (tertiary/aromatic N) is 2. The van der Waals surface area contributed by atoms with E-state index in [4.69, 9.17) is 9.56 Å². The number of hydroxylamine groups is 2. The minimum absolute atomic E-state index is 0.0159. The number of amides is 1. The summed E-state index contributed by atoms with van der Waals surface area (Å²) in [6, 6.07) is 15.3. The Balaban J connectivity index is 2.11. The minimum Gasteiger partial charge on any atom is -0.440 e. The summed E-state index contributed by atoms with van der Waals surface area (Å²) in [5, 5.41) is 15.0. The van der Waals surface area contributed by atoms with Crippen LogP contribution in [-0.4, -0.2) is 36.6 Å². The fraction of sp³-hybridized carbons (Fsp3) is 0.158. The summed E-state index contributed by atoms with van der Waals surface area (Å²) in [5.74, 6) is 0.121. The zero-order valence-electron chi connectivity index (χ0n) is 15.1. The van der Waals surface area contributed by atoms with E-state index in [0.29, 0.717) is 27.6 Å². The van der Waals surface area contributed by atoms with Crippen molar-refractivity contribution in [2.75, 3.05) is 7.05 Å². The number of hydrogen-bond acceptors (Lipinski definition) is 6. The normalized spacial score (nSPS) is 11.4. The molecule has 3 N–H and O–H groups in total. The van der Waals surface area contributed by atoms with Crippen molar-refractivity contribution < 1.29 is 22.8 Å². The second kappa shape index (κ2) is 7.93. The van der Waals surface area contributed by atoms with Gasteiger partial charge < -0.3 is 4.42 Å². The Morgan fingerprint density at radius 2 is 1.79 bits per heavy atom. The predicted molar refractivity (Wildman–Crippen MR) is 102 cm³/mol. The molecule has 0 aliphatic heterocycles. The molecule has 1 aromatic heterocycles. The maximum Gasteiger partial charge on any atom is 0.246 e. The lowest BCUT2D eigenvalue weighted by Crippen LogP contribution is -2.22. The van der Waals surface area contributed by atoms with Crippen molar-refractivity contribution in [3.8, 4) is 22.6 Å². The molecule has 0 aliphatic carbocycles. The van der Waals surface area contributed by atoms with Gasteiger partial charge in [0, 0.05) is 31.0 Å². The molecule has 0 fully saturated rings. The lowest BCUT2D eigenvalue weighted by Gasteiger charge is -2.06. The summed E-state index contributed by atoms with van der Waals surface area (Å²) in [7, 11) is -2.75. The van der Waals surface area contributed by atoms with Crippen molar-refractivity contribution in [2.45, 2.75) is 17.7 Å². The zero-order valence-corrected chi connectivity index (χ0v) is 15.9. The molecular weight excluding hydrogens is 382 g/mol. The molecule has 8 nitrogen and oxygen atoms in total. The summed E-state index contributed by atoms with van der Waals surface area (Å²) in [4.78, 5) is 16.0. The van der Waals surface area contributed by atoms with E-state index in [0.717, 1.165) is 0 Å². The highest BCUT2D eigenvalue weighted by molar-refractivity contribution is 7.89. The van der Waals surface area contributed by atoms with E-state index in [2.05, 4.69) is 4.98 Å². The fourth-order valence-electron chi connectivity index (χ4n) is 2.73. The van der Waals surface area contributed by atoms with Gasteiger partial charge >= 0.3 is 0 Å². The fourth-order valence-corrected chi connectivity index (χ4v) is 3.46. The van der Waals surface area contributed by atoms with Crippen LogP contribution in [0.15, 0.2) is 63.9 Å². The molecule has 1 heterocycles. The van der Waals surface area contributed by atoms with Crippen LogP contribution in [0.3, 0.4) is 0 Å². The van der Waals surface area contributed by atoms with Gasteiger partial charge in [0.1, 0.15) is 5.69 Å². The van der Waals surface area contributed by atoms with E-state index in [9.17, 15) is 18.4 Å². The maximum absolute atomic E-state index is 12.0. The second-order valence-electron chi connectivity index (χ2n) is 6.11. The van der Waals surface area contributed by atoms with Gasteiger partial charge in [0.25, 0.3) is 0 Å². The molecule has 0 atom stereocenters. The van der Waals surface area contributed by atoms with Gasteiger partial charge in [-0.15, -0.1) is 0 Å². The van der Waals surface area contributed by atoms with Gasteiger partial charge in [-0.25, -0.2) is 23.6 Å². The van der Waals surface area contributed by atoms with E-state index in [1.807, 2.05) is 18.2 Å². The maximum atomic E-state index is 12.0. The molecular formula is C19H19N3O5S. The van der Waals surface area contributed by atoms with Gasteiger partial charge in [0.15, 0.2) is 11.7 Å². The largest absolute Gasteiger partial charge is 0.440 e. The monoisotopic (exact) mass is 401 g/mol. The molecule has 2 aromatic carbocycles. The van der Waals surface area contributed by atoms with Crippen LogP contribution in [0.25, 0.3) is 22.6 Å². The Hall–Kier alpha value is -3.01. The molecule has 0 spiro atoms. The average Bonchev–Trinajstić information content (AvgIpc) is 3.10. The Morgan fingerprint density at radius 3 is 2.43 bits per heavy atom. The molecule has 9 heteroatoms. The van der Waals surface area contributed by atoms with Crippen molar-refractivity contribution >= 4 is 15.9 Å². The van der Waals surface area contributed by atoms with Crippen LogP contribution in [0.4, 0.5) is 0 Å². The molecule has 1 amide bonds. The average molecular weight is 401 g/mol. The first-order valence-corrected chi connectivity index (χ1v) is 9.95. The number of carbonyl (C=O) groups excluding carboxylic acids is 1. The smallest absolute Gasteiger partial charge is 0.246 e. The van der Waals surface area contributed by atoms with Crippen LogP contribution in [-0.2, 0) is 21.2 Å². The third kappa shape index (κ3) is 4.28. The first kappa shape index (κ1) is 19.7. The molecule has 3 rings (SSSR count). The van der Waals surface area contributed by atoms with Gasteiger partial charge in [-0.3, -0.25) is 10.0 Å². The molecule has 0 bridgehead atoms. The number of aryl methyl sites for hydroxylation is 1. The van der Waals surface area contributed by atoms with E-state index in [-0.39, 0.29) is 23.6 Å². The highest BCUT2D eigenvalue weighted by Crippen LogP contribution is 2.35. The highest BCUT2D eigenvalue weighted by Gasteiger charge is 2.23. The number of primary sulfonamides is 1. The zero-order chi connectivity index (χ0) is 20.3. The molecule has 0 radical (unpaired) electrons. The van der Waals surface area contributed by atoms with E-state index in [1.165, 1.54) is 13.1 Å². The minimum atomic E-state index is -3.98. The highest BCUT2D eigenvalue weighted by atomic mass is 32.2. The van der Waals surface area contributed by atoms with E-state index >= 15 is 0 Å².